The molecule has 14 atom stereocenters. The summed E-state index contributed by atoms with van der Waals surface area (Å²) in [5, 5.41) is 72.6. The van der Waals surface area contributed by atoms with Gasteiger partial charge in [0.25, 0.3) is 0 Å². The van der Waals surface area contributed by atoms with Crippen molar-refractivity contribution in [3.8, 4) is 11.5 Å². The molecule has 2 aliphatic rings. The van der Waals surface area contributed by atoms with Crippen molar-refractivity contribution < 1.29 is 135 Å². The second-order valence-electron chi connectivity index (χ2n) is 27.2. The van der Waals surface area contributed by atoms with Crippen LogP contribution in [0.25, 0.3) is 0 Å². The number of benzene rings is 2. The SMILES string of the molecule is CC(C)C[C@H](NC(=O)[C@H](CC(N)=O)NC(=O)[C@H](CCC(=O)O)NC(=O)CNC(=O)[C@@H]1CCCN1C(=O)[C@H](CCC(N)=O)NC(=O)[C@H](Cc1ccc(OP(=O)(O)O)cc1)NC(=O)[C@H](CCC(N)=O)NC(=O)[C@@H]1CCCN1C(=O)[C@H](CCC(=O)O)NC(=O)[C@@H](NC(=O)[C@H](CO)NC(=O)[C@@H](N)C(C)Oc1ccccc1)[C@@H](C)O)C(=O)O. The van der Waals surface area contributed by atoms with Crippen LogP contribution in [0.1, 0.15) is 123 Å². The van der Waals surface area contributed by atoms with E-state index in [1.807, 2.05) is 0 Å². The Morgan fingerprint density at radius 3 is 1.46 bits per heavy atom. The van der Waals surface area contributed by atoms with E-state index in [4.69, 9.17) is 27.7 Å². The van der Waals surface area contributed by atoms with Crippen LogP contribution in [0.4, 0.5) is 0 Å². The Balaban J connectivity index is 1.60. The highest BCUT2D eigenvalue weighted by Crippen LogP contribution is 2.37. The molecule has 2 heterocycles. The maximum atomic E-state index is 14.8. The fourth-order valence-corrected chi connectivity index (χ4v) is 12.2. The molecule has 0 aromatic heterocycles. The first-order chi connectivity index (χ1) is 53.0. The molecule has 2 saturated heterocycles. The first-order valence-electron chi connectivity index (χ1n) is 35.7. The van der Waals surface area contributed by atoms with Crippen molar-refractivity contribution in [2.45, 2.75) is 209 Å². The summed E-state index contributed by atoms with van der Waals surface area (Å²) in [4.78, 5) is 261. The first kappa shape index (κ1) is 93.9. The van der Waals surface area contributed by atoms with Gasteiger partial charge in [-0.3, -0.25) is 91.3 Å². The van der Waals surface area contributed by atoms with Gasteiger partial charge in [-0.1, -0.05) is 44.2 Å². The van der Waals surface area contributed by atoms with Crippen LogP contribution in [0, 0.1) is 5.92 Å². The molecule has 45 heteroatoms. The molecule has 0 spiro atoms. The summed E-state index contributed by atoms with van der Waals surface area (Å²) in [6.07, 6.45) is -9.70. The van der Waals surface area contributed by atoms with E-state index < -0.39 is 276 Å². The smallest absolute Gasteiger partial charge is 0.489 e. The summed E-state index contributed by atoms with van der Waals surface area (Å²) in [6.45, 7) is 3.34. The van der Waals surface area contributed by atoms with Crippen molar-refractivity contribution in [3.63, 3.8) is 0 Å². The number of nitrogens with zero attached hydrogens (tertiary/aromatic N) is 2. The molecule has 25 N–H and O–H groups in total. The summed E-state index contributed by atoms with van der Waals surface area (Å²) in [5.74, 6) is -21.6. The van der Waals surface area contributed by atoms with E-state index in [9.17, 15) is 126 Å². The van der Waals surface area contributed by atoms with Crippen molar-refractivity contribution in [3.05, 3.63) is 60.2 Å². The number of aliphatic carboxylic acids is 3. The molecule has 0 bridgehead atoms. The molecule has 113 heavy (non-hydrogen) atoms. The lowest BCUT2D eigenvalue weighted by Crippen LogP contribution is -2.62. The Morgan fingerprint density at radius 2 is 0.965 bits per heavy atom. The molecular formula is C68H99N16O28P. The number of nitrogens with two attached hydrogens (primary N) is 4. The van der Waals surface area contributed by atoms with E-state index >= 15 is 0 Å². The van der Waals surface area contributed by atoms with Crippen LogP contribution in [-0.4, -0.2) is 263 Å². The third-order valence-electron chi connectivity index (χ3n) is 17.6. The van der Waals surface area contributed by atoms with Gasteiger partial charge >= 0.3 is 25.7 Å². The number of carbonyl (C=O) groups is 18. The zero-order valence-corrected chi connectivity index (χ0v) is 63.0. The number of hydrogen-bond donors (Lipinski definition) is 21. The summed E-state index contributed by atoms with van der Waals surface area (Å²) in [7, 11) is -5.13. The quantitative estimate of drug-likeness (QED) is 0.0274. The third-order valence-corrected chi connectivity index (χ3v) is 18.0. The molecule has 0 radical (unpaired) electrons. The minimum absolute atomic E-state index is 0.0618. The average molecular weight is 1620 g/mol. The van der Waals surface area contributed by atoms with Gasteiger partial charge in [-0.2, -0.15) is 0 Å². The van der Waals surface area contributed by atoms with E-state index in [1.165, 1.54) is 19.1 Å². The zero-order chi connectivity index (χ0) is 84.7. The zero-order valence-electron chi connectivity index (χ0n) is 62.1. The van der Waals surface area contributed by atoms with Crippen LogP contribution in [0.3, 0.4) is 0 Å². The van der Waals surface area contributed by atoms with Gasteiger partial charge in [0.1, 0.15) is 90.1 Å². The predicted octanol–water partition coefficient (Wildman–Crippen LogP) is -7.40. The molecular weight excluding hydrogens is 1520 g/mol. The van der Waals surface area contributed by atoms with Gasteiger partial charge in [0, 0.05) is 45.2 Å². The number of aliphatic hydroxyl groups excluding tert-OH is 2. The Labute approximate surface area is 646 Å². The van der Waals surface area contributed by atoms with Crippen LogP contribution in [0.2, 0.25) is 0 Å². The summed E-state index contributed by atoms with van der Waals surface area (Å²) in [6, 6.07) is -7.86. The highest BCUT2D eigenvalue weighted by atomic mass is 31.2. The maximum Gasteiger partial charge on any atom is 0.524 e. The number of phosphoric acid groups is 1. The van der Waals surface area contributed by atoms with Crippen molar-refractivity contribution in [2.24, 2.45) is 28.9 Å². The van der Waals surface area contributed by atoms with Crippen LogP contribution in [-0.2, 0) is 97.3 Å². The van der Waals surface area contributed by atoms with Gasteiger partial charge in [-0.15, -0.1) is 0 Å². The Kier molecular flexibility index (Phi) is 37.5. The lowest BCUT2D eigenvalue weighted by molar-refractivity contribution is -0.144. The number of aliphatic hydroxyl groups is 2. The maximum absolute atomic E-state index is 14.8. The predicted molar refractivity (Wildman–Crippen MR) is 387 cm³/mol. The van der Waals surface area contributed by atoms with Crippen molar-refractivity contribution in [2.75, 3.05) is 26.2 Å². The normalized spacial score (nSPS) is 17.1. The van der Waals surface area contributed by atoms with Gasteiger partial charge in [0.05, 0.1) is 25.7 Å². The van der Waals surface area contributed by atoms with Crippen molar-refractivity contribution in [1.29, 1.82) is 0 Å². The van der Waals surface area contributed by atoms with Crippen molar-refractivity contribution in [1.82, 2.24) is 63.0 Å². The van der Waals surface area contributed by atoms with Gasteiger partial charge in [-0.25, -0.2) is 9.36 Å². The van der Waals surface area contributed by atoms with E-state index in [0.29, 0.717) is 5.75 Å². The Hall–Kier alpha value is -11.5. The van der Waals surface area contributed by atoms with Crippen LogP contribution in [0.15, 0.2) is 54.6 Å². The highest BCUT2D eigenvalue weighted by molar-refractivity contribution is 7.46. The number of phosphoric ester groups is 1. The van der Waals surface area contributed by atoms with E-state index in [-0.39, 0.29) is 62.4 Å². The van der Waals surface area contributed by atoms with E-state index in [0.717, 1.165) is 28.9 Å². The topological polar surface area (TPSA) is 715 Å². The molecule has 0 aliphatic carbocycles. The molecule has 2 fully saturated rings. The average Bonchev–Trinajstić information content (AvgIpc) is 1.74. The number of rotatable bonds is 48. The van der Waals surface area contributed by atoms with Gasteiger partial charge in [0.2, 0.25) is 88.6 Å². The van der Waals surface area contributed by atoms with Gasteiger partial charge in [0.15, 0.2) is 0 Å². The van der Waals surface area contributed by atoms with Crippen LogP contribution < -0.4 is 85.4 Å². The van der Waals surface area contributed by atoms with Gasteiger partial charge < -0.3 is 121 Å². The molecule has 2 aromatic rings. The fraction of sp³-hybridized carbons (Fsp3) is 0.559. The standard InChI is InChI=1S/C68H99N16O28P/c1-33(2)28-45(68(106)107)80-60(98)44(30-51(71)89)79-57(95)39(20-24-53(91)92)74-52(90)31-73-62(100)47-12-8-26-83(47)66(104)41(19-23-50(70)88)76-59(97)43(29-36-14-16-38(17-15-36)112-113(108,109)110)78-58(96)40(18-22-49(69)87)75-63(101)48-13-9-27-84(48)67(105)42(21-25-54(93)94)77-65(103)56(34(3)86)82-61(99)46(32-85)81-64(102)55(72)35(4)111-37-10-6-5-7-11-37/h5-7,10-11,14-17,33-35,39-48,55-56,85-86H,8-9,12-13,18-32,72H2,1-4H3,(H2,69,87)(H2,70,88)(H2,71,89)(H,73,100)(H,74,90)(H,75,101)(H,76,97)(H,77,103)(H,78,96)(H,79,95)(H,80,98)(H,81,102)(H,82,99)(H,91,92)(H,93,94)(H,106,107)(H2,108,109,110)/t34-,35?,39+,40+,41+,42+,43+,44+,45+,46+,47+,48+,55+,56+/m1/s1. The first-order valence-corrected chi connectivity index (χ1v) is 37.2. The Bertz CT molecular complexity index is 3810. The number of primary amides is 3. The van der Waals surface area contributed by atoms with Gasteiger partial charge in [-0.05, 0) is 107 Å². The number of nitrogens with one attached hydrogen (secondary N) is 10. The number of carbonyl (C=O) groups excluding carboxylic acids is 15. The number of ether oxygens (including phenoxy) is 1. The molecule has 2 aromatic carbocycles. The number of likely N-dealkylation sites (tertiary alicyclic amines) is 2. The fourth-order valence-electron chi connectivity index (χ4n) is 11.8. The molecule has 4 rings (SSSR count). The molecule has 1 unspecified atom stereocenters. The minimum atomic E-state index is -5.13. The molecule has 44 nitrogen and oxygen atoms in total. The molecule has 624 valence electrons. The minimum Gasteiger partial charge on any atom is -0.489 e. The molecule has 0 saturated carbocycles. The highest BCUT2D eigenvalue weighted by Gasteiger charge is 2.43. The van der Waals surface area contributed by atoms with E-state index in [1.54, 1.807) is 44.2 Å². The number of para-hydroxylation sites is 1. The summed E-state index contributed by atoms with van der Waals surface area (Å²) >= 11 is 0. The van der Waals surface area contributed by atoms with Crippen molar-refractivity contribution >= 4 is 114 Å². The number of hydrogen-bond acceptors (Lipinski definition) is 24. The largest absolute Gasteiger partial charge is 0.524 e. The molecule has 2 aliphatic heterocycles. The second-order valence-corrected chi connectivity index (χ2v) is 28.3. The third kappa shape index (κ3) is 32.0. The number of amides is 15. The van der Waals surface area contributed by atoms with Crippen LogP contribution >= 0.6 is 7.82 Å². The monoisotopic (exact) mass is 1620 g/mol. The summed E-state index contributed by atoms with van der Waals surface area (Å²) in [5.41, 5.74) is 22.5. The van der Waals surface area contributed by atoms with E-state index in [2.05, 4.69) is 57.7 Å². The number of carboxylic acids is 3. The lowest BCUT2D eigenvalue weighted by Gasteiger charge is -2.31. The Morgan fingerprint density at radius 1 is 0.513 bits per heavy atom. The summed E-state index contributed by atoms with van der Waals surface area (Å²) < 4.78 is 22.0. The second kappa shape index (κ2) is 45.1. The lowest BCUT2D eigenvalue weighted by atomic mass is 10.0. The number of carboxylic acid groups (broad SMARTS) is 3. The molecule has 15 amide bonds. The van der Waals surface area contributed by atoms with Crippen LogP contribution in [0.5, 0.6) is 11.5 Å².